The van der Waals surface area contributed by atoms with Crippen molar-refractivity contribution in [3.05, 3.63) is 101 Å². The van der Waals surface area contributed by atoms with Gasteiger partial charge < -0.3 is 14.7 Å². The van der Waals surface area contributed by atoms with Crippen LogP contribution in [-0.2, 0) is 12.0 Å². The molecule has 1 unspecified atom stereocenters. The summed E-state index contributed by atoms with van der Waals surface area (Å²) in [6.45, 7) is 1.47. The fourth-order valence-corrected chi connectivity index (χ4v) is 3.38. The van der Waals surface area contributed by atoms with E-state index in [1.807, 2.05) is 93.0 Å². The molecule has 3 aromatic rings. The van der Waals surface area contributed by atoms with E-state index in [0.717, 1.165) is 29.0 Å². The molecule has 1 N–H and O–H groups in total. The summed E-state index contributed by atoms with van der Waals surface area (Å²) in [5.41, 5.74) is 1.35. The largest absolute Gasteiger partial charge is 0.492 e. The summed E-state index contributed by atoms with van der Waals surface area (Å²) in [6.07, 6.45) is 0.386. The van der Waals surface area contributed by atoms with E-state index < -0.39 is 5.60 Å². The van der Waals surface area contributed by atoms with E-state index in [-0.39, 0.29) is 0 Å². The van der Waals surface area contributed by atoms with Crippen molar-refractivity contribution < 1.29 is 9.84 Å². The summed E-state index contributed by atoms with van der Waals surface area (Å²) in [7, 11) is 4.03. The SMILES string of the molecule is CN(C)CCOc1ccc(C(O)(Cc2ccccc2Cl)c2ccccc2)cc1. The lowest BCUT2D eigenvalue weighted by Crippen LogP contribution is -2.30. The minimum absolute atomic E-state index is 0.386. The molecule has 3 aromatic carbocycles. The van der Waals surface area contributed by atoms with Gasteiger partial charge in [-0.25, -0.2) is 0 Å². The fraction of sp³-hybridized carbons (Fsp3) is 0.250. The molecule has 0 bridgehead atoms. The van der Waals surface area contributed by atoms with Crippen LogP contribution in [0.5, 0.6) is 5.75 Å². The lowest BCUT2D eigenvalue weighted by atomic mass is 9.81. The van der Waals surface area contributed by atoms with E-state index in [9.17, 15) is 5.11 Å². The number of halogens is 1. The average Bonchev–Trinajstić information content (AvgIpc) is 2.70. The van der Waals surface area contributed by atoms with Crippen LogP contribution in [0, 0.1) is 0 Å². The zero-order chi connectivity index (χ0) is 20.0. The van der Waals surface area contributed by atoms with Crippen molar-refractivity contribution in [3.63, 3.8) is 0 Å². The van der Waals surface area contributed by atoms with Crippen molar-refractivity contribution in [2.75, 3.05) is 27.2 Å². The molecule has 3 nitrogen and oxygen atoms in total. The van der Waals surface area contributed by atoms with E-state index in [1.54, 1.807) is 0 Å². The summed E-state index contributed by atoms with van der Waals surface area (Å²) in [5, 5.41) is 12.4. The maximum atomic E-state index is 11.8. The van der Waals surface area contributed by atoms with Crippen molar-refractivity contribution in [2.45, 2.75) is 12.0 Å². The highest BCUT2D eigenvalue weighted by Gasteiger charge is 2.32. The quantitative estimate of drug-likeness (QED) is 0.597. The van der Waals surface area contributed by atoms with Crippen LogP contribution in [0.2, 0.25) is 5.02 Å². The fourth-order valence-electron chi connectivity index (χ4n) is 3.17. The Hall–Kier alpha value is -2.33. The summed E-state index contributed by atoms with van der Waals surface area (Å²) in [4.78, 5) is 2.08. The Labute approximate surface area is 172 Å². The number of nitrogens with zero attached hydrogens (tertiary/aromatic N) is 1. The van der Waals surface area contributed by atoms with E-state index in [4.69, 9.17) is 16.3 Å². The zero-order valence-electron chi connectivity index (χ0n) is 16.3. The van der Waals surface area contributed by atoms with Crippen LogP contribution in [-0.4, -0.2) is 37.3 Å². The van der Waals surface area contributed by atoms with Crippen LogP contribution in [0.25, 0.3) is 0 Å². The van der Waals surface area contributed by atoms with Crippen molar-refractivity contribution in [1.29, 1.82) is 0 Å². The minimum Gasteiger partial charge on any atom is -0.492 e. The zero-order valence-corrected chi connectivity index (χ0v) is 17.1. The maximum Gasteiger partial charge on any atom is 0.119 e. The molecule has 0 aliphatic carbocycles. The van der Waals surface area contributed by atoms with E-state index in [0.29, 0.717) is 18.1 Å². The van der Waals surface area contributed by atoms with Gasteiger partial charge in [-0.2, -0.15) is 0 Å². The highest BCUT2D eigenvalue weighted by Crippen LogP contribution is 2.35. The average molecular weight is 396 g/mol. The Morgan fingerprint density at radius 3 is 2.11 bits per heavy atom. The molecule has 1 atom stereocenters. The number of likely N-dealkylation sites (N-methyl/N-ethyl adjacent to an activating group) is 1. The predicted molar refractivity (Wildman–Crippen MR) is 115 cm³/mol. The van der Waals surface area contributed by atoms with Crippen LogP contribution in [0.1, 0.15) is 16.7 Å². The highest BCUT2D eigenvalue weighted by atomic mass is 35.5. The first-order valence-electron chi connectivity index (χ1n) is 9.38. The monoisotopic (exact) mass is 395 g/mol. The Balaban J connectivity index is 1.90. The summed E-state index contributed by atoms with van der Waals surface area (Å²) < 4.78 is 5.78. The molecular weight excluding hydrogens is 370 g/mol. The van der Waals surface area contributed by atoms with Gasteiger partial charge in [0, 0.05) is 18.0 Å². The van der Waals surface area contributed by atoms with Gasteiger partial charge in [0.05, 0.1) is 0 Å². The molecule has 0 aliphatic heterocycles. The van der Waals surface area contributed by atoms with Crippen LogP contribution < -0.4 is 4.74 Å². The second-order valence-corrected chi connectivity index (χ2v) is 7.58. The molecule has 0 aromatic heterocycles. The Kier molecular flexibility index (Phi) is 6.74. The lowest BCUT2D eigenvalue weighted by molar-refractivity contribution is 0.0811. The summed E-state index contributed by atoms with van der Waals surface area (Å²) >= 11 is 6.38. The van der Waals surface area contributed by atoms with E-state index in [2.05, 4.69) is 4.90 Å². The van der Waals surface area contributed by atoms with Gasteiger partial charge in [-0.3, -0.25) is 0 Å². The number of ether oxygens (including phenoxy) is 1. The third kappa shape index (κ3) is 4.93. The minimum atomic E-state index is -1.19. The van der Waals surface area contributed by atoms with Gasteiger partial charge in [0.15, 0.2) is 0 Å². The molecule has 0 fully saturated rings. The molecule has 0 aliphatic rings. The number of benzene rings is 3. The van der Waals surface area contributed by atoms with Gasteiger partial charge >= 0.3 is 0 Å². The summed E-state index contributed by atoms with van der Waals surface area (Å²) in [5.74, 6) is 0.791. The van der Waals surface area contributed by atoms with Gasteiger partial charge in [0.1, 0.15) is 18.0 Å². The topological polar surface area (TPSA) is 32.7 Å². The number of hydrogen-bond donors (Lipinski definition) is 1. The van der Waals surface area contributed by atoms with Crippen LogP contribution in [0.4, 0.5) is 0 Å². The first kappa shape index (κ1) is 20.4. The smallest absolute Gasteiger partial charge is 0.119 e. The second kappa shape index (κ2) is 9.24. The van der Waals surface area contributed by atoms with Gasteiger partial charge in [-0.1, -0.05) is 72.3 Å². The molecule has 146 valence electrons. The van der Waals surface area contributed by atoms with Crippen molar-refractivity contribution in [3.8, 4) is 5.75 Å². The number of hydrogen-bond acceptors (Lipinski definition) is 3. The highest BCUT2D eigenvalue weighted by molar-refractivity contribution is 6.31. The third-order valence-corrected chi connectivity index (χ3v) is 5.16. The molecule has 0 heterocycles. The van der Waals surface area contributed by atoms with Gasteiger partial charge in [0.25, 0.3) is 0 Å². The molecule has 0 radical (unpaired) electrons. The maximum absolute atomic E-state index is 11.8. The Bertz CT molecular complexity index is 881. The molecule has 4 heteroatoms. The van der Waals surface area contributed by atoms with Crippen molar-refractivity contribution >= 4 is 11.6 Å². The van der Waals surface area contributed by atoms with E-state index in [1.165, 1.54) is 0 Å². The first-order valence-corrected chi connectivity index (χ1v) is 9.76. The molecule has 0 amide bonds. The summed E-state index contributed by atoms with van der Waals surface area (Å²) in [6, 6.07) is 25.0. The van der Waals surface area contributed by atoms with Crippen molar-refractivity contribution in [2.24, 2.45) is 0 Å². The number of rotatable bonds is 8. The lowest BCUT2D eigenvalue weighted by Gasteiger charge is -2.30. The molecule has 0 saturated carbocycles. The van der Waals surface area contributed by atoms with Gasteiger partial charge in [0.2, 0.25) is 0 Å². The normalized spacial score (nSPS) is 13.3. The standard InChI is InChI=1S/C24H26ClNO2/c1-26(2)16-17-28-22-14-12-21(13-15-22)24(27,20-9-4-3-5-10-20)18-19-8-6-7-11-23(19)25/h3-15,27H,16-18H2,1-2H3. The first-order chi connectivity index (χ1) is 13.5. The van der Waals surface area contributed by atoms with Crippen LogP contribution in [0.15, 0.2) is 78.9 Å². The Morgan fingerprint density at radius 2 is 1.46 bits per heavy atom. The molecule has 28 heavy (non-hydrogen) atoms. The molecular formula is C24H26ClNO2. The molecule has 0 spiro atoms. The van der Waals surface area contributed by atoms with Crippen LogP contribution in [0.3, 0.4) is 0 Å². The van der Waals surface area contributed by atoms with E-state index >= 15 is 0 Å². The van der Waals surface area contributed by atoms with Gasteiger partial charge in [-0.15, -0.1) is 0 Å². The van der Waals surface area contributed by atoms with Crippen LogP contribution >= 0.6 is 11.6 Å². The Morgan fingerprint density at radius 1 is 0.857 bits per heavy atom. The molecule has 0 saturated heterocycles. The van der Waals surface area contributed by atoms with Crippen molar-refractivity contribution in [1.82, 2.24) is 4.90 Å². The predicted octanol–water partition coefficient (Wildman–Crippen LogP) is 4.76. The van der Waals surface area contributed by atoms with Gasteiger partial charge in [-0.05, 0) is 49.0 Å². The third-order valence-electron chi connectivity index (χ3n) is 4.79. The second-order valence-electron chi connectivity index (χ2n) is 7.17. The molecule has 3 rings (SSSR count). The number of aliphatic hydroxyl groups is 1.